The summed E-state index contributed by atoms with van der Waals surface area (Å²) in [6.07, 6.45) is 0.862. The molecule has 0 spiro atoms. The van der Waals surface area contributed by atoms with Crippen LogP contribution in [-0.2, 0) is 10.0 Å². The van der Waals surface area contributed by atoms with Crippen LogP contribution >= 0.6 is 0 Å². The number of sulfonamides is 1. The maximum atomic E-state index is 12.3. The Kier molecular flexibility index (Phi) is 8.11. The van der Waals surface area contributed by atoms with Gasteiger partial charge < -0.3 is 15.0 Å². The van der Waals surface area contributed by atoms with Crippen LogP contribution in [0.2, 0.25) is 0 Å². The van der Waals surface area contributed by atoms with E-state index in [1.807, 2.05) is 12.1 Å². The van der Waals surface area contributed by atoms with Gasteiger partial charge in [0.25, 0.3) is 5.91 Å². The van der Waals surface area contributed by atoms with Crippen LogP contribution < -0.4 is 15.0 Å². The largest absolute Gasteiger partial charge is 0.497 e. The minimum atomic E-state index is -3.49. The standard InChI is InChI=1S/C23H32N4O4S/c1-25(2)32(29,30)22-11-5-19(6-12-22)23(28)24-13-4-14-26-15-17-27(18-16-26)20-7-9-21(31-3)10-8-20/h5-12H,4,13-18H2,1-3H3,(H,24,28). The molecule has 9 heteroatoms. The van der Waals surface area contributed by atoms with Crippen molar-refractivity contribution in [1.82, 2.24) is 14.5 Å². The molecular weight excluding hydrogens is 428 g/mol. The molecule has 0 saturated carbocycles. The molecule has 174 valence electrons. The number of hydrogen-bond donors (Lipinski definition) is 1. The lowest BCUT2D eigenvalue weighted by Gasteiger charge is -2.36. The molecule has 1 heterocycles. The summed E-state index contributed by atoms with van der Waals surface area (Å²) < 4.78 is 30.6. The molecule has 2 aromatic rings. The predicted molar refractivity (Wildman–Crippen MR) is 126 cm³/mol. The van der Waals surface area contributed by atoms with Gasteiger partial charge >= 0.3 is 0 Å². The number of ether oxygens (including phenoxy) is 1. The zero-order chi connectivity index (χ0) is 23.1. The number of nitrogens with zero attached hydrogens (tertiary/aromatic N) is 3. The number of hydrogen-bond acceptors (Lipinski definition) is 6. The Morgan fingerprint density at radius 2 is 1.62 bits per heavy atom. The molecule has 0 aromatic heterocycles. The van der Waals surface area contributed by atoms with Gasteiger partial charge in [0.2, 0.25) is 10.0 Å². The van der Waals surface area contributed by atoms with Gasteiger partial charge in [-0.25, -0.2) is 12.7 Å². The number of carbonyl (C=O) groups is 1. The summed E-state index contributed by atoms with van der Waals surface area (Å²) in [5.74, 6) is 0.673. The molecule has 1 aliphatic heterocycles. The van der Waals surface area contributed by atoms with Gasteiger partial charge in [-0.15, -0.1) is 0 Å². The van der Waals surface area contributed by atoms with Crippen LogP contribution in [0.25, 0.3) is 0 Å². The lowest BCUT2D eigenvalue weighted by molar-refractivity contribution is 0.0951. The molecule has 0 unspecified atom stereocenters. The second kappa shape index (κ2) is 10.8. The van der Waals surface area contributed by atoms with Crippen LogP contribution in [0.1, 0.15) is 16.8 Å². The number of rotatable bonds is 9. The van der Waals surface area contributed by atoms with Crippen molar-refractivity contribution in [2.45, 2.75) is 11.3 Å². The van der Waals surface area contributed by atoms with Crippen LogP contribution in [0.4, 0.5) is 5.69 Å². The highest BCUT2D eigenvalue weighted by Gasteiger charge is 2.18. The normalized spacial score (nSPS) is 15.1. The van der Waals surface area contributed by atoms with Crippen LogP contribution in [0, 0.1) is 0 Å². The van der Waals surface area contributed by atoms with Crippen LogP contribution in [0.5, 0.6) is 5.75 Å². The minimum Gasteiger partial charge on any atom is -0.497 e. The lowest BCUT2D eigenvalue weighted by Crippen LogP contribution is -2.47. The molecular formula is C23H32N4O4S. The Morgan fingerprint density at radius 3 is 2.19 bits per heavy atom. The topological polar surface area (TPSA) is 82.2 Å². The van der Waals surface area contributed by atoms with Crippen molar-refractivity contribution in [3.63, 3.8) is 0 Å². The van der Waals surface area contributed by atoms with Crippen molar-refractivity contribution in [2.75, 3.05) is 65.4 Å². The number of piperazine rings is 1. The zero-order valence-electron chi connectivity index (χ0n) is 19.0. The second-order valence-corrected chi connectivity index (χ2v) is 10.1. The highest BCUT2D eigenvalue weighted by molar-refractivity contribution is 7.89. The molecule has 0 aliphatic carbocycles. The number of methoxy groups -OCH3 is 1. The van der Waals surface area contributed by atoms with Gasteiger partial charge in [-0.1, -0.05) is 0 Å². The van der Waals surface area contributed by atoms with E-state index in [-0.39, 0.29) is 10.8 Å². The summed E-state index contributed by atoms with van der Waals surface area (Å²) in [5, 5.41) is 2.92. The third-order valence-electron chi connectivity index (χ3n) is 5.64. The van der Waals surface area contributed by atoms with Gasteiger partial charge in [-0.05, 0) is 61.5 Å². The first-order chi connectivity index (χ1) is 15.3. The van der Waals surface area contributed by atoms with Crippen molar-refractivity contribution in [3.8, 4) is 5.75 Å². The average molecular weight is 461 g/mol. The monoisotopic (exact) mass is 460 g/mol. The number of benzene rings is 2. The van der Waals surface area contributed by atoms with Gasteiger partial charge in [-0.3, -0.25) is 9.69 Å². The molecule has 8 nitrogen and oxygen atoms in total. The third-order valence-corrected chi connectivity index (χ3v) is 7.47. The Hall–Kier alpha value is -2.62. The van der Waals surface area contributed by atoms with Crippen LogP contribution in [-0.4, -0.2) is 84.0 Å². The van der Waals surface area contributed by atoms with Gasteiger partial charge in [0.15, 0.2) is 0 Å². The maximum Gasteiger partial charge on any atom is 0.251 e. The Balaban J connectivity index is 1.38. The average Bonchev–Trinajstić information content (AvgIpc) is 2.82. The van der Waals surface area contributed by atoms with E-state index < -0.39 is 10.0 Å². The summed E-state index contributed by atoms with van der Waals surface area (Å²) in [6.45, 7) is 5.43. The first-order valence-corrected chi connectivity index (χ1v) is 12.2. The Labute approximate surface area is 190 Å². The quantitative estimate of drug-likeness (QED) is 0.576. The second-order valence-electron chi connectivity index (χ2n) is 7.95. The summed E-state index contributed by atoms with van der Waals surface area (Å²) in [7, 11) is 1.14. The highest BCUT2D eigenvalue weighted by atomic mass is 32.2. The SMILES string of the molecule is COc1ccc(N2CCN(CCCNC(=O)c3ccc(S(=O)(=O)N(C)C)cc3)CC2)cc1. The smallest absolute Gasteiger partial charge is 0.251 e. The fourth-order valence-electron chi connectivity index (χ4n) is 3.62. The van der Waals surface area contributed by atoms with Crippen molar-refractivity contribution >= 4 is 21.6 Å². The summed E-state index contributed by atoms with van der Waals surface area (Å²) in [6, 6.07) is 14.2. The van der Waals surface area contributed by atoms with E-state index in [1.165, 1.54) is 31.9 Å². The number of anilines is 1. The molecule has 0 radical (unpaired) electrons. The maximum absolute atomic E-state index is 12.3. The van der Waals surface area contributed by atoms with Gasteiger partial charge in [0, 0.05) is 58.1 Å². The first-order valence-electron chi connectivity index (χ1n) is 10.7. The summed E-state index contributed by atoms with van der Waals surface area (Å²) >= 11 is 0. The fraction of sp³-hybridized carbons (Fsp3) is 0.435. The van der Waals surface area contributed by atoms with E-state index in [4.69, 9.17) is 4.74 Å². The van der Waals surface area contributed by atoms with E-state index in [0.717, 1.165) is 49.2 Å². The lowest BCUT2D eigenvalue weighted by atomic mass is 10.2. The molecule has 1 N–H and O–H groups in total. The van der Waals surface area contributed by atoms with Gasteiger partial charge in [0.05, 0.1) is 12.0 Å². The van der Waals surface area contributed by atoms with Crippen LogP contribution in [0.15, 0.2) is 53.4 Å². The van der Waals surface area contributed by atoms with E-state index in [1.54, 1.807) is 19.2 Å². The molecule has 3 rings (SSSR count). The summed E-state index contributed by atoms with van der Waals surface area (Å²) in [5.41, 5.74) is 1.66. The number of amides is 1. The number of nitrogens with one attached hydrogen (secondary N) is 1. The Bertz CT molecular complexity index is 984. The molecule has 0 atom stereocenters. The Morgan fingerprint density at radius 1 is 1.00 bits per heavy atom. The van der Waals surface area contributed by atoms with E-state index in [9.17, 15) is 13.2 Å². The minimum absolute atomic E-state index is 0.174. The van der Waals surface area contributed by atoms with E-state index in [0.29, 0.717) is 12.1 Å². The fourth-order valence-corrected chi connectivity index (χ4v) is 4.52. The first kappa shape index (κ1) is 24.0. The van der Waals surface area contributed by atoms with Gasteiger partial charge in [-0.2, -0.15) is 0 Å². The predicted octanol–water partition coefficient (Wildman–Crippen LogP) is 1.89. The van der Waals surface area contributed by atoms with Crippen molar-refractivity contribution < 1.29 is 17.9 Å². The molecule has 1 aliphatic rings. The van der Waals surface area contributed by atoms with Crippen LogP contribution in [0.3, 0.4) is 0 Å². The van der Waals surface area contributed by atoms with E-state index >= 15 is 0 Å². The molecule has 2 aromatic carbocycles. The third kappa shape index (κ3) is 5.99. The van der Waals surface area contributed by atoms with E-state index in [2.05, 4.69) is 27.2 Å². The summed E-state index contributed by atoms with van der Waals surface area (Å²) in [4.78, 5) is 17.3. The molecule has 32 heavy (non-hydrogen) atoms. The molecule has 0 bridgehead atoms. The van der Waals surface area contributed by atoms with Crippen molar-refractivity contribution in [2.24, 2.45) is 0 Å². The van der Waals surface area contributed by atoms with Crippen molar-refractivity contribution in [1.29, 1.82) is 0 Å². The van der Waals surface area contributed by atoms with Gasteiger partial charge in [0.1, 0.15) is 5.75 Å². The molecule has 1 fully saturated rings. The zero-order valence-corrected chi connectivity index (χ0v) is 19.8. The number of carbonyl (C=O) groups excluding carboxylic acids is 1. The molecule has 1 saturated heterocycles. The molecule has 1 amide bonds. The highest BCUT2D eigenvalue weighted by Crippen LogP contribution is 2.20. The van der Waals surface area contributed by atoms with Crippen molar-refractivity contribution in [3.05, 3.63) is 54.1 Å².